The molecular formula is C35H49NO9. The second kappa shape index (κ2) is 13.0. The molecule has 3 aliphatic rings. The Morgan fingerprint density at radius 1 is 0.933 bits per heavy atom. The van der Waals surface area contributed by atoms with Crippen molar-refractivity contribution in [2.75, 3.05) is 14.1 Å². The van der Waals surface area contributed by atoms with Gasteiger partial charge in [-0.05, 0) is 73.4 Å². The van der Waals surface area contributed by atoms with Crippen LogP contribution in [-0.4, -0.2) is 88.8 Å². The maximum Gasteiger partial charge on any atom is 0.337 e. The fourth-order valence-corrected chi connectivity index (χ4v) is 8.17. The predicted molar refractivity (Wildman–Crippen MR) is 166 cm³/mol. The number of aliphatic hydroxyl groups excluding tert-OH is 3. The number of esters is 3. The molecule has 3 N–H and O–H groups in total. The van der Waals surface area contributed by atoms with Crippen molar-refractivity contribution in [2.24, 2.45) is 22.7 Å². The molecule has 10 heteroatoms. The molecule has 4 rings (SSSR count). The Labute approximate surface area is 266 Å². The molecule has 0 radical (unpaired) electrons. The van der Waals surface area contributed by atoms with E-state index < -0.39 is 77.3 Å². The van der Waals surface area contributed by atoms with Crippen molar-refractivity contribution in [1.29, 1.82) is 0 Å². The molecule has 10 atom stereocenters. The Hall–Kier alpha value is -3.05. The zero-order valence-corrected chi connectivity index (χ0v) is 27.6. The lowest BCUT2D eigenvalue weighted by Gasteiger charge is -2.58. The number of benzene rings is 1. The highest BCUT2D eigenvalue weighted by atomic mass is 16.6. The first-order valence-corrected chi connectivity index (χ1v) is 15.6. The maximum absolute atomic E-state index is 13.5. The van der Waals surface area contributed by atoms with Gasteiger partial charge in [-0.1, -0.05) is 57.7 Å². The third-order valence-corrected chi connectivity index (χ3v) is 10.7. The first-order valence-electron chi connectivity index (χ1n) is 15.6. The molecule has 0 heterocycles. The number of likely N-dealkylation sites (N-methyl/N-ethyl adjacent to an activating group) is 1. The molecule has 0 amide bonds. The molecule has 1 aromatic rings. The van der Waals surface area contributed by atoms with E-state index in [2.05, 4.69) is 6.58 Å². The first kappa shape index (κ1) is 34.8. The van der Waals surface area contributed by atoms with Crippen LogP contribution in [0.4, 0.5) is 0 Å². The number of rotatable bonds is 7. The number of nitrogens with zero attached hydrogens (tertiary/aromatic N) is 1. The van der Waals surface area contributed by atoms with E-state index in [4.69, 9.17) is 14.2 Å². The summed E-state index contributed by atoms with van der Waals surface area (Å²) in [6.45, 7) is 14.6. The first-order chi connectivity index (χ1) is 20.9. The van der Waals surface area contributed by atoms with Crippen LogP contribution in [0.25, 0.3) is 0 Å². The van der Waals surface area contributed by atoms with Gasteiger partial charge in [0.15, 0.2) is 12.2 Å². The number of hydrogen-bond donors (Lipinski definition) is 3. The largest absolute Gasteiger partial charge is 0.458 e. The molecule has 2 saturated carbocycles. The second-order valence-electron chi connectivity index (χ2n) is 14.0. The second-order valence-corrected chi connectivity index (χ2v) is 14.0. The number of fused-ring (bicyclic) bond motifs is 3. The van der Waals surface area contributed by atoms with Crippen molar-refractivity contribution in [1.82, 2.24) is 4.90 Å². The monoisotopic (exact) mass is 627 g/mol. The Morgan fingerprint density at radius 3 is 2.09 bits per heavy atom. The van der Waals surface area contributed by atoms with Crippen LogP contribution in [0.1, 0.15) is 72.4 Å². The average Bonchev–Trinajstić information content (AvgIpc) is 2.94. The van der Waals surface area contributed by atoms with Crippen LogP contribution in [0.5, 0.6) is 0 Å². The Kier molecular flexibility index (Phi) is 10.0. The molecule has 0 saturated heterocycles. The highest BCUT2D eigenvalue weighted by molar-refractivity contribution is 5.76. The third-order valence-electron chi connectivity index (χ3n) is 10.7. The normalized spacial score (nSPS) is 34.1. The summed E-state index contributed by atoms with van der Waals surface area (Å²) >= 11 is 0. The fraction of sp³-hybridized carbons (Fsp3) is 0.629. The number of aliphatic hydroxyl groups is 3. The topological polar surface area (TPSA) is 143 Å². The fourth-order valence-electron chi connectivity index (χ4n) is 8.17. The molecule has 2 fully saturated rings. The SMILES string of the molecule is C=C1[C@@H](OC(=O)[C@H](O)[C@H](c2ccccc2)N(C)C)C[C@H](O)[C@]2(C)[C@@H]1C[C@H]1C[C@H](OC(C)=O)C(C)=C([C@@H](OC(C)=O)[C@@H]2O)C1(C)C. The van der Waals surface area contributed by atoms with Crippen LogP contribution in [0.2, 0.25) is 0 Å². The van der Waals surface area contributed by atoms with Crippen LogP contribution >= 0.6 is 0 Å². The van der Waals surface area contributed by atoms with E-state index in [1.54, 1.807) is 25.9 Å². The Morgan fingerprint density at radius 2 is 1.53 bits per heavy atom. The van der Waals surface area contributed by atoms with Gasteiger partial charge >= 0.3 is 17.9 Å². The van der Waals surface area contributed by atoms with Gasteiger partial charge in [0.1, 0.15) is 18.3 Å². The van der Waals surface area contributed by atoms with Crippen LogP contribution in [-0.2, 0) is 28.6 Å². The van der Waals surface area contributed by atoms with Crippen molar-refractivity contribution in [3.8, 4) is 0 Å². The van der Waals surface area contributed by atoms with Crippen LogP contribution in [0.3, 0.4) is 0 Å². The minimum Gasteiger partial charge on any atom is -0.458 e. The van der Waals surface area contributed by atoms with Crippen molar-refractivity contribution in [3.05, 3.63) is 59.2 Å². The summed E-state index contributed by atoms with van der Waals surface area (Å²) in [5.74, 6) is -2.61. The highest BCUT2D eigenvalue weighted by Gasteiger charge is 2.61. The summed E-state index contributed by atoms with van der Waals surface area (Å²) in [6.07, 6.45) is -5.87. The highest BCUT2D eigenvalue weighted by Crippen LogP contribution is 2.59. The van der Waals surface area contributed by atoms with E-state index in [1.165, 1.54) is 13.8 Å². The van der Waals surface area contributed by atoms with E-state index in [0.29, 0.717) is 24.0 Å². The standard InChI is InChI=1S/C35H49NO9/c1-18-24-15-23-16-25(43-20(3)37)19(2)28(34(23,5)6)31(44-21(4)38)32(41)35(24,7)27(39)17-26(18)45-33(42)30(40)29(36(8)9)22-13-11-10-12-14-22/h10-14,23-27,29-32,39-41H,1,15-17H2,2-9H3/t23-,24+,25-,26-,27-,29-,30+,31+,32-,35-/m0/s1. The lowest BCUT2D eigenvalue weighted by molar-refractivity contribution is -0.192. The lowest BCUT2D eigenvalue weighted by atomic mass is 9.49. The van der Waals surface area contributed by atoms with Gasteiger partial charge in [0.2, 0.25) is 0 Å². The maximum atomic E-state index is 13.5. The number of ether oxygens (including phenoxy) is 3. The summed E-state index contributed by atoms with van der Waals surface area (Å²) in [7, 11) is 3.52. The molecule has 248 valence electrons. The van der Waals surface area contributed by atoms with Crippen LogP contribution < -0.4 is 0 Å². The lowest BCUT2D eigenvalue weighted by Crippen LogP contribution is -2.63. The van der Waals surface area contributed by atoms with E-state index in [-0.39, 0.29) is 12.3 Å². The van der Waals surface area contributed by atoms with Gasteiger partial charge in [-0.25, -0.2) is 4.79 Å². The van der Waals surface area contributed by atoms with Gasteiger partial charge in [0, 0.05) is 25.7 Å². The van der Waals surface area contributed by atoms with E-state index >= 15 is 0 Å². The number of hydrogen-bond acceptors (Lipinski definition) is 10. The summed E-state index contributed by atoms with van der Waals surface area (Å²) in [4.78, 5) is 39.7. The summed E-state index contributed by atoms with van der Waals surface area (Å²) < 4.78 is 17.5. The van der Waals surface area contributed by atoms with E-state index in [0.717, 1.165) is 11.1 Å². The van der Waals surface area contributed by atoms with Gasteiger partial charge in [0.05, 0.1) is 12.1 Å². The molecule has 10 nitrogen and oxygen atoms in total. The molecule has 2 bridgehead atoms. The van der Waals surface area contributed by atoms with Gasteiger partial charge in [-0.2, -0.15) is 0 Å². The van der Waals surface area contributed by atoms with Crippen LogP contribution in [0, 0.1) is 22.7 Å². The average molecular weight is 628 g/mol. The van der Waals surface area contributed by atoms with Gasteiger partial charge < -0.3 is 29.5 Å². The van der Waals surface area contributed by atoms with Gasteiger partial charge in [-0.3, -0.25) is 14.5 Å². The predicted octanol–water partition coefficient (Wildman–Crippen LogP) is 3.50. The summed E-state index contributed by atoms with van der Waals surface area (Å²) in [5.41, 5.74) is 0.809. The molecule has 45 heavy (non-hydrogen) atoms. The molecule has 0 aliphatic heterocycles. The molecular weight excluding hydrogens is 578 g/mol. The van der Waals surface area contributed by atoms with Gasteiger partial charge in [0.25, 0.3) is 0 Å². The summed E-state index contributed by atoms with van der Waals surface area (Å²) in [6, 6.07) is 8.48. The van der Waals surface area contributed by atoms with Crippen molar-refractivity contribution >= 4 is 17.9 Å². The Balaban J connectivity index is 1.72. The molecule has 3 aliphatic carbocycles. The van der Waals surface area contributed by atoms with Crippen molar-refractivity contribution in [2.45, 2.75) is 103 Å². The van der Waals surface area contributed by atoms with Crippen molar-refractivity contribution < 1.29 is 43.9 Å². The molecule has 1 aromatic carbocycles. The zero-order chi connectivity index (χ0) is 33.6. The third kappa shape index (κ3) is 6.35. The zero-order valence-electron chi connectivity index (χ0n) is 27.6. The quantitative estimate of drug-likeness (QED) is 0.234. The molecule has 0 spiro atoms. The van der Waals surface area contributed by atoms with E-state index in [9.17, 15) is 29.7 Å². The molecule has 0 unspecified atom stereocenters. The minimum atomic E-state index is -1.52. The Bertz CT molecular complexity index is 1340. The smallest absolute Gasteiger partial charge is 0.337 e. The van der Waals surface area contributed by atoms with E-state index in [1.807, 2.05) is 51.1 Å². The van der Waals surface area contributed by atoms with Crippen molar-refractivity contribution in [3.63, 3.8) is 0 Å². The number of carbonyl (C=O) groups excluding carboxylic acids is 3. The van der Waals surface area contributed by atoms with Gasteiger partial charge in [-0.15, -0.1) is 0 Å². The molecule has 0 aromatic heterocycles. The van der Waals surface area contributed by atoms with Crippen LogP contribution in [0.15, 0.2) is 53.6 Å². The minimum absolute atomic E-state index is 0.0612. The number of carbonyl (C=O) groups is 3. The summed E-state index contributed by atoms with van der Waals surface area (Å²) in [5, 5.41) is 35.1.